The Morgan fingerprint density at radius 2 is 1.60 bits per heavy atom. The van der Waals surface area contributed by atoms with Crippen LogP contribution in [0.25, 0.3) is 0 Å². The first kappa shape index (κ1) is 16.9. The fourth-order valence-corrected chi connectivity index (χ4v) is 2.86. The van der Waals surface area contributed by atoms with Crippen LogP contribution in [0.2, 0.25) is 0 Å². The summed E-state index contributed by atoms with van der Waals surface area (Å²) in [5, 5.41) is 4.93. The minimum Gasteiger partial charge on any atom is -0.299 e. The molecular weight excluding hydrogens is 274 g/mol. The number of nitrogens with zero attached hydrogens (tertiary/aromatic N) is 1. The minimum atomic E-state index is -3.68. The molecule has 1 heterocycles. The third-order valence-corrected chi connectivity index (χ3v) is 3.84. The Bertz CT molecular complexity index is 492. The second kappa shape index (κ2) is 7.61. The number of nitrogens with two attached hydrogens (primary N) is 1. The van der Waals surface area contributed by atoms with E-state index in [2.05, 4.69) is 9.62 Å². The van der Waals surface area contributed by atoms with Crippen molar-refractivity contribution < 1.29 is 8.42 Å². The predicted octanol–water partition coefficient (Wildman–Crippen LogP) is 2.31. The quantitative estimate of drug-likeness (QED) is 0.896. The van der Waals surface area contributed by atoms with E-state index in [9.17, 15) is 8.42 Å². The van der Waals surface area contributed by atoms with E-state index in [1.807, 2.05) is 12.1 Å². The highest BCUT2D eigenvalue weighted by atomic mass is 32.2. The Kier molecular flexibility index (Phi) is 6.45. The molecule has 1 saturated heterocycles. The summed E-state index contributed by atoms with van der Waals surface area (Å²) in [5.74, 6) is 0. The number of likely N-dealkylation sites (tertiary alicyclic amines) is 1. The summed E-state index contributed by atoms with van der Waals surface area (Å²) in [6.45, 7) is 3.23. The molecule has 0 aromatic heterocycles. The van der Waals surface area contributed by atoms with Crippen LogP contribution in [-0.4, -0.2) is 26.4 Å². The second-order valence-corrected chi connectivity index (χ2v) is 6.33. The molecule has 0 radical (unpaired) electrons. The second-order valence-electron chi connectivity index (χ2n) is 5.03. The molecule has 1 aromatic rings. The Labute approximate surface area is 122 Å². The third-order valence-electron chi connectivity index (χ3n) is 3.32. The number of anilines is 1. The van der Waals surface area contributed by atoms with Gasteiger partial charge < -0.3 is 0 Å². The van der Waals surface area contributed by atoms with Gasteiger partial charge in [-0.3, -0.25) is 9.62 Å². The fourth-order valence-electron chi connectivity index (χ4n) is 2.39. The first-order valence-electron chi connectivity index (χ1n) is 6.65. The lowest BCUT2D eigenvalue weighted by Gasteiger charge is -2.19. The fraction of sp³-hybridized carbons (Fsp3) is 0.571. The molecule has 114 valence electrons. The van der Waals surface area contributed by atoms with E-state index in [4.69, 9.17) is 5.14 Å². The smallest absolute Gasteiger partial charge is 0.296 e. The molecule has 20 heavy (non-hydrogen) atoms. The summed E-state index contributed by atoms with van der Waals surface area (Å²) in [7, 11) is -3.68. The summed E-state index contributed by atoms with van der Waals surface area (Å²) in [4.78, 5) is 2.45. The van der Waals surface area contributed by atoms with Crippen molar-refractivity contribution in [3.05, 3.63) is 29.8 Å². The highest BCUT2D eigenvalue weighted by Crippen LogP contribution is 2.15. The molecule has 2 rings (SSSR count). The molecule has 0 saturated carbocycles. The van der Waals surface area contributed by atoms with E-state index in [1.54, 1.807) is 12.1 Å². The normalized spacial score (nSPS) is 17.1. The maximum absolute atomic E-state index is 10.9. The number of benzene rings is 1. The van der Waals surface area contributed by atoms with Crippen molar-refractivity contribution in [2.75, 3.05) is 17.8 Å². The Morgan fingerprint density at radius 3 is 2.10 bits per heavy atom. The zero-order valence-corrected chi connectivity index (χ0v) is 11.8. The lowest BCUT2D eigenvalue weighted by molar-refractivity contribution is 0.277. The molecule has 1 aliphatic rings. The monoisotopic (exact) mass is 299 g/mol. The lowest BCUT2D eigenvalue weighted by Crippen LogP contribution is -2.24. The maximum Gasteiger partial charge on any atom is 0.296 e. The standard InChI is InChI=1S/C13H21N3O2S.CH4/c14-19(17,18)15-13-7-5-12(6-8-13)11-16-9-3-1-2-4-10-16;/h5-8,15H,1-4,9-11H2,(H2,14,17,18);1H4. The number of hydrogen-bond acceptors (Lipinski definition) is 3. The van der Waals surface area contributed by atoms with Crippen molar-refractivity contribution in [3.8, 4) is 0 Å². The Hall–Kier alpha value is -1.11. The van der Waals surface area contributed by atoms with Crippen molar-refractivity contribution >= 4 is 15.9 Å². The van der Waals surface area contributed by atoms with Gasteiger partial charge in [0.1, 0.15) is 0 Å². The zero-order valence-electron chi connectivity index (χ0n) is 11.0. The van der Waals surface area contributed by atoms with Crippen LogP contribution in [0.4, 0.5) is 5.69 Å². The molecular formula is C14H25N3O2S. The van der Waals surface area contributed by atoms with Gasteiger partial charge in [-0.25, -0.2) is 5.14 Å². The molecule has 0 atom stereocenters. The van der Waals surface area contributed by atoms with Crippen molar-refractivity contribution in [2.45, 2.75) is 39.7 Å². The van der Waals surface area contributed by atoms with Gasteiger partial charge in [-0.2, -0.15) is 8.42 Å². The maximum atomic E-state index is 10.9. The molecule has 5 nitrogen and oxygen atoms in total. The summed E-state index contributed by atoms with van der Waals surface area (Å²) in [5.41, 5.74) is 1.70. The van der Waals surface area contributed by atoms with E-state index in [0.717, 1.165) is 19.6 Å². The van der Waals surface area contributed by atoms with Gasteiger partial charge in [0, 0.05) is 12.2 Å². The van der Waals surface area contributed by atoms with Crippen LogP contribution in [0, 0.1) is 0 Å². The highest BCUT2D eigenvalue weighted by Gasteiger charge is 2.09. The summed E-state index contributed by atoms with van der Waals surface area (Å²) in [6.07, 6.45) is 5.19. The van der Waals surface area contributed by atoms with Gasteiger partial charge in [0.2, 0.25) is 0 Å². The van der Waals surface area contributed by atoms with E-state index in [-0.39, 0.29) is 7.43 Å². The SMILES string of the molecule is C.NS(=O)(=O)Nc1ccc(CN2CCCCCC2)cc1. The number of hydrogen-bond donors (Lipinski definition) is 2. The van der Waals surface area contributed by atoms with Crippen molar-refractivity contribution in [1.29, 1.82) is 0 Å². The Morgan fingerprint density at radius 1 is 1.05 bits per heavy atom. The van der Waals surface area contributed by atoms with Gasteiger partial charge in [-0.05, 0) is 43.6 Å². The van der Waals surface area contributed by atoms with Gasteiger partial charge in [-0.15, -0.1) is 0 Å². The highest BCUT2D eigenvalue weighted by molar-refractivity contribution is 7.90. The van der Waals surface area contributed by atoms with Gasteiger partial charge in [0.15, 0.2) is 0 Å². The van der Waals surface area contributed by atoms with Crippen LogP contribution in [0.3, 0.4) is 0 Å². The van der Waals surface area contributed by atoms with E-state index >= 15 is 0 Å². The summed E-state index contributed by atoms with van der Waals surface area (Å²) < 4.78 is 24.1. The predicted molar refractivity (Wildman–Crippen MR) is 83.6 cm³/mol. The molecule has 0 unspecified atom stereocenters. The van der Waals surface area contributed by atoms with Crippen molar-refractivity contribution in [3.63, 3.8) is 0 Å². The average molecular weight is 299 g/mol. The van der Waals surface area contributed by atoms with E-state index < -0.39 is 10.2 Å². The molecule has 0 spiro atoms. The van der Waals surface area contributed by atoms with Gasteiger partial charge in [0.25, 0.3) is 10.2 Å². The van der Waals surface area contributed by atoms with Gasteiger partial charge in [0.05, 0.1) is 0 Å². The first-order valence-corrected chi connectivity index (χ1v) is 8.19. The number of rotatable bonds is 4. The van der Waals surface area contributed by atoms with E-state index in [0.29, 0.717) is 5.69 Å². The molecule has 1 fully saturated rings. The molecule has 0 amide bonds. The number of nitrogens with one attached hydrogen (secondary N) is 1. The van der Waals surface area contributed by atoms with Crippen LogP contribution in [0.1, 0.15) is 38.7 Å². The van der Waals surface area contributed by atoms with E-state index in [1.165, 1.54) is 31.2 Å². The van der Waals surface area contributed by atoms with Crippen LogP contribution >= 0.6 is 0 Å². The minimum absolute atomic E-state index is 0. The van der Waals surface area contributed by atoms with Crippen LogP contribution in [0.15, 0.2) is 24.3 Å². The first-order chi connectivity index (χ1) is 9.03. The van der Waals surface area contributed by atoms with Gasteiger partial charge >= 0.3 is 0 Å². The van der Waals surface area contributed by atoms with Crippen molar-refractivity contribution in [1.82, 2.24) is 4.90 Å². The Balaban J connectivity index is 0.00000200. The largest absolute Gasteiger partial charge is 0.299 e. The molecule has 0 aliphatic carbocycles. The molecule has 6 heteroatoms. The molecule has 1 aromatic carbocycles. The molecule has 1 aliphatic heterocycles. The topological polar surface area (TPSA) is 75.4 Å². The zero-order chi connectivity index (χ0) is 13.7. The summed E-state index contributed by atoms with van der Waals surface area (Å²) >= 11 is 0. The lowest BCUT2D eigenvalue weighted by atomic mass is 10.2. The average Bonchev–Trinajstić information content (AvgIpc) is 2.58. The molecule has 3 N–H and O–H groups in total. The van der Waals surface area contributed by atoms with Gasteiger partial charge in [-0.1, -0.05) is 32.4 Å². The summed E-state index contributed by atoms with van der Waals surface area (Å²) in [6, 6.07) is 7.38. The third kappa shape index (κ3) is 5.90. The van der Waals surface area contributed by atoms with Crippen LogP contribution in [-0.2, 0) is 16.8 Å². The molecule has 0 bridgehead atoms. The van der Waals surface area contributed by atoms with Crippen LogP contribution in [0.5, 0.6) is 0 Å². The van der Waals surface area contributed by atoms with Crippen LogP contribution < -0.4 is 9.86 Å². The van der Waals surface area contributed by atoms with Crippen molar-refractivity contribution in [2.24, 2.45) is 5.14 Å².